The lowest BCUT2D eigenvalue weighted by Gasteiger charge is -2.28. The summed E-state index contributed by atoms with van der Waals surface area (Å²) in [5.74, 6) is -0.542. The zero-order valence-electron chi connectivity index (χ0n) is 23.4. The van der Waals surface area contributed by atoms with Gasteiger partial charge in [0, 0.05) is 18.7 Å². The lowest BCUT2D eigenvalue weighted by molar-refractivity contribution is -0.139. The van der Waals surface area contributed by atoms with Gasteiger partial charge in [-0.25, -0.2) is 22.7 Å². The van der Waals surface area contributed by atoms with E-state index in [1.54, 1.807) is 48.4 Å². The molecule has 0 unspecified atom stereocenters. The van der Waals surface area contributed by atoms with Crippen molar-refractivity contribution in [3.63, 3.8) is 0 Å². The van der Waals surface area contributed by atoms with Crippen LogP contribution in [0.2, 0.25) is 0 Å². The number of benzene rings is 2. The van der Waals surface area contributed by atoms with E-state index in [2.05, 4.69) is 17.0 Å². The quantitative estimate of drug-likeness (QED) is 0.152. The van der Waals surface area contributed by atoms with Crippen molar-refractivity contribution in [2.24, 2.45) is 5.73 Å². The molecule has 2 aromatic rings. The fraction of sp³-hybridized carbons (Fsp3) is 0.393. The zero-order chi connectivity index (χ0) is 29.7. The molecule has 4 N–H and O–H groups in total. The van der Waals surface area contributed by atoms with Crippen LogP contribution < -0.4 is 15.8 Å². The summed E-state index contributed by atoms with van der Waals surface area (Å²) in [6.45, 7) is 6.50. The molecule has 0 fully saturated rings. The molecule has 218 valence electrons. The Labute approximate surface area is 247 Å². The number of carbonyl (C=O) groups excluding carboxylic acids is 2. The van der Waals surface area contributed by atoms with Crippen LogP contribution in [0.25, 0.3) is 11.1 Å². The van der Waals surface area contributed by atoms with Crippen molar-refractivity contribution >= 4 is 51.0 Å². The predicted octanol–water partition coefficient (Wildman–Crippen LogP) is 5.13. The van der Waals surface area contributed by atoms with Crippen molar-refractivity contribution in [1.82, 2.24) is 14.9 Å². The maximum absolute atomic E-state index is 13.0. The van der Waals surface area contributed by atoms with Crippen LogP contribution in [0.5, 0.6) is 0 Å². The van der Waals surface area contributed by atoms with Crippen molar-refractivity contribution in [3.8, 4) is 11.1 Å². The molecule has 0 bridgehead atoms. The summed E-state index contributed by atoms with van der Waals surface area (Å²) in [7, 11) is -4.12. The van der Waals surface area contributed by atoms with Gasteiger partial charge < -0.3 is 20.7 Å². The van der Waals surface area contributed by atoms with Crippen molar-refractivity contribution in [3.05, 3.63) is 64.8 Å². The molecule has 0 radical (unpaired) electrons. The normalized spacial score (nSPS) is 11.8. The van der Waals surface area contributed by atoms with E-state index >= 15 is 0 Å². The summed E-state index contributed by atoms with van der Waals surface area (Å²) in [5.41, 5.74) is 8.36. The second-order valence-corrected chi connectivity index (χ2v) is 11.7. The van der Waals surface area contributed by atoms with Crippen LogP contribution in [0.15, 0.2) is 64.2 Å². The molecule has 0 spiro atoms. The van der Waals surface area contributed by atoms with Gasteiger partial charge in [-0.3, -0.25) is 0 Å². The summed E-state index contributed by atoms with van der Waals surface area (Å²) >= 11 is 6.96. The third kappa shape index (κ3) is 9.24. The van der Waals surface area contributed by atoms with Gasteiger partial charge in [0.25, 0.3) is 10.0 Å². The third-order valence-corrected chi connectivity index (χ3v) is 8.23. The Morgan fingerprint density at radius 1 is 1.05 bits per heavy atom. The number of thiocarbonyl (C=S) groups is 1. The van der Waals surface area contributed by atoms with E-state index in [0.29, 0.717) is 40.5 Å². The van der Waals surface area contributed by atoms with Crippen LogP contribution in [0.1, 0.15) is 52.0 Å². The fourth-order valence-corrected chi connectivity index (χ4v) is 5.60. The maximum Gasteiger partial charge on any atom is 0.357 e. The molecule has 9 nitrogen and oxygen atoms in total. The monoisotopic (exact) mass is 606 g/mol. The van der Waals surface area contributed by atoms with Crippen molar-refractivity contribution in [1.29, 1.82) is 0 Å². The number of sulfonamides is 1. The Morgan fingerprint density at radius 3 is 2.33 bits per heavy atom. The summed E-state index contributed by atoms with van der Waals surface area (Å²) in [4.78, 5) is 27.2. The smallest absolute Gasteiger partial charge is 0.357 e. The number of rotatable bonds is 14. The number of hydrogen-bond donors (Lipinski definition) is 3. The standard InChI is InChI=1S/C28H38N4O5S3/c1-5-8-13-24(38)32(25(26(29)39-4)27(33)37-7-3)19-20-14-16-21(17-15-20)22-11-9-10-12-23(22)40(35,36)31-28(34)30-18-6-2/h9-12,14-17H,5-8,13,18-19,29H2,1-4H3,(H2,30,31,34)/b26-25+. The van der Waals surface area contributed by atoms with E-state index in [1.165, 1.54) is 17.8 Å². The average molecular weight is 607 g/mol. The van der Waals surface area contributed by atoms with Crippen LogP contribution in [0.4, 0.5) is 4.79 Å². The van der Waals surface area contributed by atoms with Gasteiger partial charge >= 0.3 is 12.0 Å². The summed E-state index contributed by atoms with van der Waals surface area (Å²) in [5, 5.41) is 2.82. The Morgan fingerprint density at radius 2 is 1.73 bits per heavy atom. The third-order valence-electron chi connectivity index (χ3n) is 5.78. The fourth-order valence-electron chi connectivity index (χ4n) is 3.76. The van der Waals surface area contributed by atoms with Gasteiger partial charge in [0.2, 0.25) is 0 Å². The molecule has 2 amide bonds. The minimum absolute atomic E-state index is 0.0166. The van der Waals surface area contributed by atoms with Crippen LogP contribution in [0.3, 0.4) is 0 Å². The van der Waals surface area contributed by atoms with Gasteiger partial charge in [0.1, 0.15) is 0 Å². The highest BCUT2D eigenvalue weighted by molar-refractivity contribution is 8.02. The number of hydrogen-bond acceptors (Lipinski definition) is 8. The van der Waals surface area contributed by atoms with Crippen LogP contribution >= 0.6 is 24.0 Å². The molecule has 2 aromatic carbocycles. The van der Waals surface area contributed by atoms with Crippen LogP contribution in [-0.4, -0.2) is 49.7 Å². The van der Waals surface area contributed by atoms with E-state index in [-0.39, 0.29) is 23.7 Å². The van der Waals surface area contributed by atoms with Gasteiger partial charge in [-0.15, -0.1) is 11.8 Å². The topological polar surface area (TPSA) is 131 Å². The zero-order valence-corrected chi connectivity index (χ0v) is 25.8. The van der Waals surface area contributed by atoms with E-state index in [1.807, 2.05) is 19.1 Å². The van der Waals surface area contributed by atoms with E-state index in [0.717, 1.165) is 18.4 Å². The molecular weight excluding hydrogens is 569 g/mol. The lowest BCUT2D eigenvalue weighted by Crippen LogP contribution is -2.39. The number of carbonyl (C=O) groups is 2. The summed E-state index contributed by atoms with van der Waals surface area (Å²) in [6, 6.07) is 13.0. The minimum atomic E-state index is -4.12. The second kappa shape index (κ2) is 16.2. The van der Waals surface area contributed by atoms with E-state index < -0.39 is 22.0 Å². The van der Waals surface area contributed by atoms with Gasteiger partial charge in [-0.1, -0.05) is 75.0 Å². The summed E-state index contributed by atoms with van der Waals surface area (Å²) in [6.07, 6.45) is 4.87. The number of thioether (sulfide) groups is 1. The molecule has 0 aliphatic rings. The number of nitrogens with zero attached hydrogens (tertiary/aromatic N) is 1. The van der Waals surface area contributed by atoms with E-state index in [9.17, 15) is 18.0 Å². The number of ether oxygens (including phenoxy) is 1. The first kappa shape index (κ1) is 33.1. The average Bonchev–Trinajstić information content (AvgIpc) is 2.94. The number of urea groups is 1. The Hall–Kier alpha value is -3.09. The number of unbranched alkanes of at least 4 members (excludes halogenated alkanes) is 1. The Bertz CT molecular complexity index is 1310. The number of esters is 1. The summed E-state index contributed by atoms with van der Waals surface area (Å²) < 4.78 is 33.4. The lowest BCUT2D eigenvalue weighted by atomic mass is 10.0. The molecule has 0 aromatic heterocycles. The highest BCUT2D eigenvalue weighted by Crippen LogP contribution is 2.29. The number of amides is 2. The van der Waals surface area contributed by atoms with Crippen molar-refractivity contribution in [2.45, 2.75) is 57.9 Å². The molecular formula is C28H38N4O5S3. The predicted molar refractivity (Wildman–Crippen MR) is 165 cm³/mol. The van der Waals surface area contributed by atoms with Gasteiger partial charge in [0.15, 0.2) is 5.70 Å². The first-order chi connectivity index (χ1) is 19.1. The molecule has 0 aliphatic carbocycles. The SMILES string of the molecule is CCCCC(=S)N(Cc1ccc(-c2ccccc2S(=O)(=O)NC(=O)NCCC)cc1)/C(C(=O)OCC)=C(\N)SC. The molecule has 0 saturated carbocycles. The second-order valence-electron chi connectivity index (χ2n) is 8.78. The first-order valence-electron chi connectivity index (χ1n) is 13.1. The van der Waals surface area contributed by atoms with Crippen LogP contribution in [0, 0.1) is 0 Å². The first-order valence-corrected chi connectivity index (χ1v) is 16.2. The van der Waals surface area contributed by atoms with Gasteiger partial charge in [-0.2, -0.15) is 0 Å². The maximum atomic E-state index is 13.0. The Kier molecular flexibility index (Phi) is 13.4. The minimum Gasteiger partial charge on any atom is -0.461 e. The molecule has 0 aliphatic heterocycles. The molecule has 0 saturated heterocycles. The largest absolute Gasteiger partial charge is 0.461 e. The van der Waals surface area contributed by atoms with Crippen molar-refractivity contribution < 1.29 is 22.7 Å². The van der Waals surface area contributed by atoms with Gasteiger partial charge in [-0.05, 0) is 49.6 Å². The highest BCUT2D eigenvalue weighted by Gasteiger charge is 2.26. The van der Waals surface area contributed by atoms with Gasteiger partial charge in [0.05, 0.1) is 21.5 Å². The number of nitrogens with one attached hydrogen (secondary N) is 2. The molecule has 0 atom stereocenters. The molecule has 2 rings (SSSR count). The Balaban J connectivity index is 2.42. The molecule has 12 heteroatoms. The molecule has 40 heavy (non-hydrogen) atoms. The van der Waals surface area contributed by atoms with E-state index in [4.69, 9.17) is 22.7 Å². The number of nitrogens with two attached hydrogens (primary N) is 1. The molecule has 0 heterocycles. The highest BCUT2D eigenvalue weighted by atomic mass is 32.2. The van der Waals surface area contributed by atoms with Crippen molar-refractivity contribution in [2.75, 3.05) is 19.4 Å². The van der Waals surface area contributed by atoms with Crippen LogP contribution in [-0.2, 0) is 26.1 Å².